The molecule has 1 aliphatic heterocycles. The van der Waals surface area contributed by atoms with E-state index in [2.05, 4.69) is 21.2 Å². The summed E-state index contributed by atoms with van der Waals surface area (Å²) in [6.45, 7) is -0.000915. The number of nitro groups is 1. The summed E-state index contributed by atoms with van der Waals surface area (Å²) in [4.78, 5) is 23.0. The van der Waals surface area contributed by atoms with Gasteiger partial charge in [-0.25, -0.2) is 0 Å². The van der Waals surface area contributed by atoms with Gasteiger partial charge in [0.05, 0.1) is 27.0 Å². The molecule has 1 amide bonds. The first-order chi connectivity index (χ1) is 13.4. The minimum absolute atomic E-state index is 0.000915. The number of para-hydroxylation sites is 1. The van der Waals surface area contributed by atoms with E-state index in [1.165, 1.54) is 24.9 Å². The van der Waals surface area contributed by atoms with E-state index in [4.69, 9.17) is 21.7 Å². The summed E-state index contributed by atoms with van der Waals surface area (Å²) in [6, 6.07) is 9.84. The lowest BCUT2D eigenvalue weighted by Gasteiger charge is -2.14. The van der Waals surface area contributed by atoms with Crippen molar-refractivity contribution in [1.29, 1.82) is 0 Å². The predicted molar refractivity (Wildman–Crippen MR) is 114 cm³/mol. The molecule has 3 rings (SSSR count). The lowest BCUT2D eigenvalue weighted by Crippen LogP contribution is -2.17. The summed E-state index contributed by atoms with van der Waals surface area (Å²) in [6.07, 6.45) is 1.69. The number of nitro benzene ring substituents is 1. The Morgan fingerprint density at radius 2 is 2.11 bits per heavy atom. The third-order valence-corrected chi connectivity index (χ3v) is 5.50. The lowest BCUT2D eigenvalue weighted by atomic mass is 10.1. The van der Waals surface area contributed by atoms with Gasteiger partial charge in [-0.05, 0) is 45.8 Å². The van der Waals surface area contributed by atoms with Gasteiger partial charge in [0, 0.05) is 6.07 Å². The third kappa shape index (κ3) is 4.51. The fourth-order valence-electron chi connectivity index (χ4n) is 2.50. The van der Waals surface area contributed by atoms with Crippen LogP contribution in [0.5, 0.6) is 11.5 Å². The number of nitrogens with zero attached hydrogens (tertiary/aromatic N) is 1. The molecule has 2 aromatic carbocycles. The second-order valence-electron chi connectivity index (χ2n) is 5.56. The van der Waals surface area contributed by atoms with Gasteiger partial charge in [-0.3, -0.25) is 14.9 Å². The first kappa shape index (κ1) is 20.3. The van der Waals surface area contributed by atoms with Crippen LogP contribution in [0.25, 0.3) is 6.08 Å². The van der Waals surface area contributed by atoms with E-state index in [1.807, 2.05) is 0 Å². The number of halogens is 1. The molecule has 0 aliphatic carbocycles. The number of rotatable bonds is 6. The highest BCUT2D eigenvalue weighted by molar-refractivity contribution is 9.10. The molecule has 0 aromatic heterocycles. The van der Waals surface area contributed by atoms with Gasteiger partial charge < -0.3 is 14.8 Å². The summed E-state index contributed by atoms with van der Waals surface area (Å²) < 4.78 is 12.2. The maximum Gasteiger partial charge on any atom is 0.276 e. The number of amides is 1. The second-order valence-corrected chi connectivity index (χ2v) is 8.13. The van der Waals surface area contributed by atoms with Crippen molar-refractivity contribution in [2.45, 2.75) is 6.61 Å². The zero-order chi connectivity index (χ0) is 20.3. The van der Waals surface area contributed by atoms with Crippen molar-refractivity contribution >= 4 is 61.9 Å². The largest absolute Gasteiger partial charge is 0.493 e. The Kier molecular flexibility index (Phi) is 6.32. The minimum Gasteiger partial charge on any atom is -0.493 e. The van der Waals surface area contributed by atoms with E-state index in [0.717, 1.165) is 0 Å². The molecule has 0 radical (unpaired) electrons. The normalized spacial score (nSPS) is 14.9. The average molecular weight is 481 g/mol. The number of ether oxygens (including phenoxy) is 2. The number of methoxy groups -OCH3 is 1. The number of hydrogen-bond donors (Lipinski definition) is 1. The summed E-state index contributed by atoms with van der Waals surface area (Å²) >= 11 is 9.60. The van der Waals surface area contributed by atoms with Gasteiger partial charge in [0.15, 0.2) is 11.5 Å². The Hall–Kier alpha value is -2.43. The zero-order valence-corrected chi connectivity index (χ0v) is 17.7. The predicted octanol–water partition coefficient (Wildman–Crippen LogP) is 4.43. The molecule has 0 saturated carbocycles. The van der Waals surface area contributed by atoms with Crippen LogP contribution in [0.15, 0.2) is 45.8 Å². The molecule has 2 aromatic rings. The monoisotopic (exact) mass is 480 g/mol. The van der Waals surface area contributed by atoms with Crippen LogP contribution in [0, 0.1) is 10.1 Å². The molecule has 1 N–H and O–H groups in total. The number of nitrogens with one attached hydrogen (secondary N) is 1. The highest BCUT2D eigenvalue weighted by Crippen LogP contribution is 2.39. The number of carbonyl (C=O) groups excluding carboxylic acids is 1. The molecule has 0 bridgehead atoms. The lowest BCUT2D eigenvalue weighted by molar-refractivity contribution is -0.385. The Bertz CT molecular complexity index is 1010. The molecule has 144 valence electrons. The van der Waals surface area contributed by atoms with Crippen molar-refractivity contribution in [3.8, 4) is 11.5 Å². The van der Waals surface area contributed by atoms with Crippen LogP contribution < -0.4 is 14.8 Å². The first-order valence-electron chi connectivity index (χ1n) is 7.86. The van der Waals surface area contributed by atoms with Gasteiger partial charge >= 0.3 is 0 Å². The van der Waals surface area contributed by atoms with Crippen LogP contribution in [-0.4, -0.2) is 22.3 Å². The molecular formula is C18H13BrN2O5S2. The van der Waals surface area contributed by atoms with Gasteiger partial charge in [0.2, 0.25) is 0 Å². The van der Waals surface area contributed by atoms with Crippen molar-refractivity contribution in [3.63, 3.8) is 0 Å². The van der Waals surface area contributed by atoms with Gasteiger partial charge in [-0.15, -0.1) is 0 Å². The fourth-order valence-corrected chi connectivity index (χ4v) is 4.11. The molecule has 0 atom stereocenters. The number of hydrogen-bond acceptors (Lipinski definition) is 7. The molecule has 0 spiro atoms. The van der Waals surface area contributed by atoms with Crippen LogP contribution >= 0.6 is 39.9 Å². The molecule has 1 saturated heterocycles. The zero-order valence-electron chi connectivity index (χ0n) is 14.4. The van der Waals surface area contributed by atoms with Crippen LogP contribution in [-0.2, 0) is 11.4 Å². The van der Waals surface area contributed by atoms with Gasteiger partial charge in [0.1, 0.15) is 10.9 Å². The summed E-state index contributed by atoms with van der Waals surface area (Å²) in [5, 5.41) is 13.7. The number of benzene rings is 2. The minimum atomic E-state index is -0.449. The molecule has 1 fully saturated rings. The Balaban J connectivity index is 1.87. The molecule has 0 unspecified atom stereocenters. The molecule has 1 heterocycles. The summed E-state index contributed by atoms with van der Waals surface area (Å²) in [5.74, 6) is 0.578. The Labute approximate surface area is 178 Å². The Morgan fingerprint density at radius 1 is 1.36 bits per heavy atom. The van der Waals surface area contributed by atoms with Gasteiger partial charge in [-0.2, -0.15) is 0 Å². The second kappa shape index (κ2) is 8.72. The average Bonchev–Trinajstić information content (AvgIpc) is 2.97. The van der Waals surface area contributed by atoms with Crippen molar-refractivity contribution in [1.82, 2.24) is 5.32 Å². The van der Waals surface area contributed by atoms with E-state index in [-0.39, 0.29) is 18.2 Å². The Morgan fingerprint density at radius 3 is 2.75 bits per heavy atom. The van der Waals surface area contributed by atoms with E-state index < -0.39 is 4.92 Å². The van der Waals surface area contributed by atoms with Gasteiger partial charge in [0.25, 0.3) is 11.6 Å². The maximum atomic E-state index is 11.8. The number of thiocarbonyl (C=S) groups is 1. The van der Waals surface area contributed by atoms with Crippen molar-refractivity contribution in [2.24, 2.45) is 0 Å². The van der Waals surface area contributed by atoms with Crippen LogP contribution in [0.3, 0.4) is 0 Å². The smallest absolute Gasteiger partial charge is 0.276 e. The highest BCUT2D eigenvalue weighted by atomic mass is 79.9. The number of thioether (sulfide) groups is 1. The van der Waals surface area contributed by atoms with Crippen molar-refractivity contribution < 1.29 is 19.2 Å². The summed E-state index contributed by atoms with van der Waals surface area (Å²) in [5.41, 5.74) is 1.14. The quantitative estimate of drug-likeness (QED) is 0.283. The molecule has 28 heavy (non-hydrogen) atoms. The molecule has 1 aliphatic rings. The van der Waals surface area contributed by atoms with E-state index >= 15 is 0 Å². The van der Waals surface area contributed by atoms with E-state index in [0.29, 0.717) is 36.3 Å². The topological polar surface area (TPSA) is 90.7 Å². The molecule has 7 nitrogen and oxygen atoms in total. The van der Waals surface area contributed by atoms with E-state index in [9.17, 15) is 14.9 Å². The maximum absolute atomic E-state index is 11.8. The first-order valence-corrected chi connectivity index (χ1v) is 9.88. The van der Waals surface area contributed by atoms with Crippen molar-refractivity contribution in [2.75, 3.05) is 7.11 Å². The standard InChI is InChI=1S/C18H13BrN2O5S2/c1-25-14-7-10(8-15-17(22)20-18(27)28-15)6-12(19)16(14)26-9-11-4-2-3-5-13(11)21(23)24/h2-8H,9H2,1H3,(H,20,22,27). The van der Waals surface area contributed by atoms with E-state index in [1.54, 1.807) is 36.4 Å². The molecular weight excluding hydrogens is 468 g/mol. The van der Waals surface area contributed by atoms with Crippen molar-refractivity contribution in [3.05, 3.63) is 67.0 Å². The van der Waals surface area contributed by atoms with Crippen LogP contribution in [0.1, 0.15) is 11.1 Å². The SMILES string of the molecule is COc1cc(C=C2SC(=S)NC2=O)cc(Br)c1OCc1ccccc1[N+](=O)[O-]. The molecule has 10 heteroatoms. The van der Waals surface area contributed by atoms with Gasteiger partial charge in [-0.1, -0.05) is 36.1 Å². The summed E-state index contributed by atoms with van der Waals surface area (Å²) in [7, 11) is 1.49. The fraction of sp³-hybridized carbons (Fsp3) is 0.111. The highest BCUT2D eigenvalue weighted by Gasteiger charge is 2.22. The van der Waals surface area contributed by atoms with Crippen LogP contribution in [0.2, 0.25) is 0 Å². The van der Waals surface area contributed by atoms with Crippen LogP contribution in [0.4, 0.5) is 5.69 Å². The third-order valence-electron chi connectivity index (χ3n) is 3.75. The number of carbonyl (C=O) groups is 1.